The number of aliphatic hydroxyl groups excluding tert-OH is 1. The summed E-state index contributed by atoms with van der Waals surface area (Å²) < 4.78 is 30.4. The molecular weight excluding hydrogens is 486 g/mol. The van der Waals surface area contributed by atoms with Crippen molar-refractivity contribution < 1.29 is 33.0 Å². The van der Waals surface area contributed by atoms with Crippen molar-refractivity contribution in [1.29, 1.82) is 0 Å². The summed E-state index contributed by atoms with van der Waals surface area (Å²) in [6, 6.07) is 5.34. The zero-order valence-electron chi connectivity index (χ0n) is 20.6. The van der Waals surface area contributed by atoms with Crippen molar-refractivity contribution >= 4 is 26.6 Å². The normalized spacial score (nSPS) is 19.2. The molecule has 1 aliphatic rings. The molecule has 3 atom stereocenters. The number of hydrogen-bond acceptors (Lipinski definition) is 8. The van der Waals surface area contributed by atoms with E-state index in [1.165, 1.54) is 13.8 Å². The van der Waals surface area contributed by atoms with E-state index in [1.54, 1.807) is 29.1 Å². The van der Waals surface area contributed by atoms with Gasteiger partial charge in [0.25, 0.3) is 5.91 Å². The maximum Gasteiger partial charge on any atom is 0.264 e. The molecule has 0 spiro atoms. The van der Waals surface area contributed by atoms with Gasteiger partial charge in [0.15, 0.2) is 20.9 Å². The number of carbonyl (C=O) groups is 1. The van der Waals surface area contributed by atoms with Gasteiger partial charge in [0.2, 0.25) is 0 Å². The molecule has 0 saturated carbocycles. The van der Waals surface area contributed by atoms with Crippen LogP contribution < -0.4 is 5.48 Å². The average molecular weight is 518 g/mol. The third-order valence-corrected chi connectivity index (χ3v) is 8.02. The van der Waals surface area contributed by atoms with Gasteiger partial charge in [-0.3, -0.25) is 9.48 Å². The summed E-state index contributed by atoms with van der Waals surface area (Å²) in [6.07, 6.45) is 4.61. The van der Waals surface area contributed by atoms with Crippen molar-refractivity contribution in [2.75, 3.05) is 19.5 Å². The van der Waals surface area contributed by atoms with E-state index in [0.29, 0.717) is 24.1 Å². The predicted molar refractivity (Wildman–Crippen MR) is 133 cm³/mol. The number of aryl methyl sites for hydroxylation is 1. The Balaban J connectivity index is 1.70. The maximum atomic E-state index is 12.8. The summed E-state index contributed by atoms with van der Waals surface area (Å²) in [5, 5.41) is 23.9. The molecule has 194 valence electrons. The van der Waals surface area contributed by atoms with E-state index in [1.807, 2.05) is 0 Å². The summed E-state index contributed by atoms with van der Waals surface area (Å²) in [6.45, 7) is 2.97. The SMILES string of the molecule is C[C@@](O)(C#CC#Cc1ccc2nn(CC[C@](C)(C(=O)NOC3CCCCO3)S(C)(=O)=O)cc2c1)CO. The molecule has 1 unspecified atom stereocenters. The van der Waals surface area contributed by atoms with E-state index in [4.69, 9.17) is 14.7 Å². The van der Waals surface area contributed by atoms with Gasteiger partial charge in [-0.15, -0.1) is 0 Å². The first-order valence-electron chi connectivity index (χ1n) is 11.5. The number of carbonyl (C=O) groups excluding carboxylic acids is 1. The summed E-state index contributed by atoms with van der Waals surface area (Å²) in [7, 11) is -3.79. The number of aliphatic hydroxyl groups is 2. The van der Waals surface area contributed by atoms with E-state index in [9.17, 15) is 18.3 Å². The zero-order valence-corrected chi connectivity index (χ0v) is 21.4. The molecule has 36 heavy (non-hydrogen) atoms. The molecule has 1 saturated heterocycles. The summed E-state index contributed by atoms with van der Waals surface area (Å²) >= 11 is 0. The van der Waals surface area contributed by atoms with Crippen LogP contribution in [0.2, 0.25) is 0 Å². The Bertz CT molecular complexity index is 1320. The second-order valence-electron chi connectivity index (χ2n) is 9.20. The van der Waals surface area contributed by atoms with E-state index in [0.717, 1.165) is 24.5 Å². The fourth-order valence-corrected chi connectivity index (χ4v) is 4.24. The van der Waals surface area contributed by atoms with Crippen molar-refractivity contribution in [3.8, 4) is 23.7 Å². The largest absolute Gasteiger partial charge is 0.392 e. The highest BCUT2D eigenvalue weighted by Gasteiger charge is 2.44. The summed E-state index contributed by atoms with van der Waals surface area (Å²) in [4.78, 5) is 18.1. The van der Waals surface area contributed by atoms with Crippen LogP contribution in [-0.4, -0.2) is 70.4 Å². The minimum Gasteiger partial charge on any atom is -0.392 e. The smallest absolute Gasteiger partial charge is 0.264 e. The van der Waals surface area contributed by atoms with Gasteiger partial charge in [-0.2, -0.15) is 5.10 Å². The van der Waals surface area contributed by atoms with Crippen LogP contribution in [0.1, 0.15) is 45.1 Å². The minimum atomic E-state index is -3.79. The van der Waals surface area contributed by atoms with Gasteiger partial charge < -0.3 is 14.9 Å². The van der Waals surface area contributed by atoms with Gasteiger partial charge in [-0.05, 0) is 63.1 Å². The third-order valence-electron chi connectivity index (χ3n) is 6.00. The Morgan fingerprint density at radius 2 is 2.11 bits per heavy atom. The number of benzene rings is 1. The number of nitrogens with one attached hydrogen (secondary N) is 1. The predicted octanol–water partition coefficient (Wildman–Crippen LogP) is 0.902. The van der Waals surface area contributed by atoms with Crippen molar-refractivity contribution in [1.82, 2.24) is 15.3 Å². The molecule has 10 nitrogen and oxygen atoms in total. The van der Waals surface area contributed by atoms with Crippen molar-refractivity contribution in [3.63, 3.8) is 0 Å². The Kier molecular flexibility index (Phi) is 8.77. The standard InChI is InChI=1S/C25H31N3O7S/c1-24(31,18-29)12-6-4-8-19-10-11-21-20(16-19)17-28(26-21)14-13-25(2,36(3,32)33)23(30)27-35-22-9-5-7-15-34-22/h10-11,16-17,22,29,31H,5,7,9,13-15,18H2,1-3H3,(H,27,30)/t22?,24-,25-/m1/s1. The molecule has 1 aliphatic heterocycles. The topological polar surface area (TPSA) is 140 Å². The minimum absolute atomic E-state index is 0.0203. The molecule has 1 fully saturated rings. The number of ether oxygens (including phenoxy) is 1. The molecule has 1 aromatic carbocycles. The van der Waals surface area contributed by atoms with Crippen molar-refractivity contribution in [2.24, 2.45) is 0 Å². The molecule has 0 aliphatic carbocycles. The molecule has 2 heterocycles. The highest BCUT2D eigenvalue weighted by Crippen LogP contribution is 2.24. The van der Waals surface area contributed by atoms with Gasteiger partial charge in [-0.1, -0.05) is 11.8 Å². The van der Waals surface area contributed by atoms with Gasteiger partial charge >= 0.3 is 0 Å². The van der Waals surface area contributed by atoms with Gasteiger partial charge in [-0.25, -0.2) is 18.7 Å². The molecule has 3 rings (SSSR count). The first-order valence-corrected chi connectivity index (χ1v) is 13.4. The molecule has 3 N–H and O–H groups in total. The first-order chi connectivity index (χ1) is 16.9. The lowest BCUT2D eigenvalue weighted by Crippen LogP contribution is -2.51. The number of hydroxylamine groups is 1. The van der Waals surface area contributed by atoms with E-state index in [-0.39, 0.29) is 13.0 Å². The molecule has 1 aromatic heterocycles. The van der Waals surface area contributed by atoms with E-state index in [2.05, 4.69) is 34.3 Å². The van der Waals surface area contributed by atoms with Crippen LogP contribution in [0.15, 0.2) is 24.4 Å². The second kappa shape index (κ2) is 11.4. The lowest BCUT2D eigenvalue weighted by molar-refractivity contribution is -0.201. The molecule has 0 radical (unpaired) electrons. The quantitative estimate of drug-likeness (QED) is 0.347. The number of nitrogens with zero attached hydrogens (tertiary/aromatic N) is 2. The highest BCUT2D eigenvalue weighted by molar-refractivity contribution is 7.92. The number of hydrogen-bond donors (Lipinski definition) is 3. The number of sulfone groups is 1. The molecular formula is C25H31N3O7S. The van der Waals surface area contributed by atoms with Crippen molar-refractivity contribution in [3.05, 3.63) is 30.0 Å². The zero-order chi connectivity index (χ0) is 26.4. The second-order valence-corrected chi connectivity index (χ2v) is 11.6. The number of rotatable bonds is 8. The van der Waals surface area contributed by atoms with Crippen LogP contribution >= 0.6 is 0 Å². The first kappa shape index (κ1) is 27.7. The highest BCUT2D eigenvalue weighted by atomic mass is 32.2. The average Bonchev–Trinajstić information content (AvgIpc) is 3.26. The van der Waals surface area contributed by atoms with Crippen molar-refractivity contribution in [2.45, 2.75) is 62.7 Å². The Hall–Kier alpha value is -2.93. The Labute approximate surface area is 210 Å². The Morgan fingerprint density at radius 3 is 2.78 bits per heavy atom. The van der Waals surface area contributed by atoms with Crippen LogP contribution in [0.25, 0.3) is 10.9 Å². The van der Waals surface area contributed by atoms with Crippen LogP contribution in [0.3, 0.4) is 0 Å². The monoisotopic (exact) mass is 517 g/mol. The van der Waals surface area contributed by atoms with Gasteiger partial charge in [0, 0.05) is 43.0 Å². The third kappa shape index (κ3) is 7.06. The number of amides is 1. The molecule has 11 heteroatoms. The van der Waals surface area contributed by atoms with E-state index < -0.39 is 39.0 Å². The maximum absolute atomic E-state index is 12.8. The number of fused-ring (bicyclic) bond motifs is 1. The lowest BCUT2D eigenvalue weighted by atomic mass is 10.1. The van der Waals surface area contributed by atoms with E-state index >= 15 is 0 Å². The fourth-order valence-electron chi connectivity index (χ4n) is 3.40. The van der Waals surface area contributed by atoms with Crippen LogP contribution in [0, 0.1) is 23.7 Å². The summed E-state index contributed by atoms with van der Waals surface area (Å²) in [5.74, 6) is 9.73. The molecule has 0 bridgehead atoms. The lowest BCUT2D eigenvalue weighted by Gasteiger charge is -2.28. The molecule has 1 amide bonds. The van der Waals surface area contributed by atoms with Crippen LogP contribution in [0.5, 0.6) is 0 Å². The van der Waals surface area contributed by atoms with Crippen LogP contribution in [-0.2, 0) is 30.8 Å². The van der Waals surface area contributed by atoms with Gasteiger partial charge in [0.1, 0.15) is 5.60 Å². The summed E-state index contributed by atoms with van der Waals surface area (Å²) in [5.41, 5.74) is 2.12. The van der Waals surface area contributed by atoms with Gasteiger partial charge in [0.05, 0.1) is 12.1 Å². The Morgan fingerprint density at radius 1 is 1.33 bits per heavy atom. The van der Waals surface area contributed by atoms with Crippen LogP contribution in [0.4, 0.5) is 0 Å². The fraction of sp³-hybridized carbons (Fsp3) is 0.520. The molecule has 2 aromatic rings. The number of aromatic nitrogens is 2.